The summed E-state index contributed by atoms with van der Waals surface area (Å²) < 4.78 is 26.2. The van der Waals surface area contributed by atoms with E-state index in [2.05, 4.69) is 15.5 Å². The Hall–Kier alpha value is -2.57. The summed E-state index contributed by atoms with van der Waals surface area (Å²) in [5.41, 5.74) is 5.16. The summed E-state index contributed by atoms with van der Waals surface area (Å²) in [6, 6.07) is 2.96. The van der Waals surface area contributed by atoms with Gasteiger partial charge in [0.15, 0.2) is 5.82 Å². The zero-order chi connectivity index (χ0) is 13.1. The van der Waals surface area contributed by atoms with Crippen molar-refractivity contribution < 1.29 is 13.6 Å². The Morgan fingerprint density at radius 1 is 1.28 bits per heavy atom. The first kappa shape index (κ1) is 11.9. The second-order valence-corrected chi connectivity index (χ2v) is 3.44. The molecule has 7 heteroatoms. The summed E-state index contributed by atoms with van der Waals surface area (Å²) in [6.07, 6.45) is 2.53. The van der Waals surface area contributed by atoms with Crippen LogP contribution in [0.5, 0.6) is 0 Å². The second-order valence-electron chi connectivity index (χ2n) is 3.44. The smallest absolute Gasteiger partial charge is 0.257 e. The van der Waals surface area contributed by atoms with Crippen molar-refractivity contribution in [2.24, 2.45) is 0 Å². The molecule has 2 rings (SSSR count). The fourth-order valence-corrected chi connectivity index (χ4v) is 1.34. The van der Waals surface area contributed by atoms with Crippen molar-refractivity contribution in [1.29, 1.82) is 0 Å². The van der Waals surface area contributed by atoms with Crippen molar-refractivity contribution in [2.45, 2.75) is 0 Å². The van der Waals surface area contributed by atoms with Crippen LogP contribution in [0, 0.1) is 11.6 Å². The fraction of sp³-hybridized carbons (Fsp3) is 0. The van der Waals surface area contributed by atoms with Crippen LogP contribution in [0.15, 0.2) is 30.6 Å². The van der Waals surface area contributed by atoms with E-state index < -0.39 is 17.5 Å². The molecule has 1 amide bonds. The van der Waals surface area contributed by atoms with Crippen LogP contribution in [-0.4, -0.2) is 16.1 Å². The molecule has 1 aromatic heterocycles. The molecule has 0 aliphatic rings. The van der Waals surface area contributed by atoms with E-state index in [9.17, 15) is 13.6 Å². The molecule has 0 saturated carbocycles. The largest absolute Gasteiger partial charge is 0.397 e. The first-order valence-electron chi connectivity index (χ1n) is 4.90. The van der Waals surface area contributed by atoms with Crippen molar-refractivity contribution in [3.8, 4) is 0 Å². The van der Waals surface area contributed by atoms with Crippen molar-refractivity contribution in [2.75, 3.05) is 11.1 Å². The van der Waals surface area contributed by atoms with E-state index in [0.29, 0.717) is 6.07 Å². The number of benzene rings is 1. The number of nitrogens with one attached hydrogen (secondary N) is 1. The Kier molecular flexibility index (Phi) is 3.13. The van der Waals surface area contributed by atoms with Gasteiger partial charge < -0.3 is 11.1 Å². The number of hydrogen-bond donors (Lipinski definition) is 2. The van der Waals surface area contributed by atoms with Gasteiger partial charge in [-0.05, 0) is 12.1 Å². The molecule has 0 radical (unpaired) electrons. The van der Waals surface area contributed by atoms with Gasteiger partial charge in [-0.15, -0.1) is 0 Å². The maximum Gasteiger partial charge on any atom is 0.257 e. The molecule has 0 aliphatic heterocycles. The first-order valence-corrected chi connectivity index (χ1v) is 4.90. The van der Waals surface area contributed by atoms with E-state index in [1.807, 2.05) is 0 Å². The summed E-state index contributed by atoms with van der Waals surface area (Å²) in [4.78, 5) is 11.7. The number of carbonyl (C=O) groups is 1. The maximum atomic E-state index is 13.4. The average molecular weight is 250 g/mol. The highest BCUT2D eigenvalue weighted by Crippen LogP contribution is 2.24. The third-order valence-corrected chi connectivity index (χ3v) is 2.17. The van der Waals surface area contributed by atoms with Gasteiger partial charge in [0.1, 0.15) is 11.5 Å². The molecule has 92 valence electrons. The zero-order valence-corrected chi connectivity index (χ0v) is 9.02. The van der Waals surface area contributed by atoms with Gasteiger partial charge in [-0.2, -0.15) is 10.2 Å². The van der Waals surface area contributed by atoms with Crippen LogP contribution in [-0.2, 0) is 0 Å². The highest BCUT2D eigenvalue weighted by atomic mass is 19.1. The van der Waals surface area contributed by atoms with Gasteiger partial charge in [-0.25, -0.2) is 8.78 Å². The van der Waals surface area contributed by atoms with Crippen LogP contribution in [0.3, 0.4) is 0 Å². The molecule has 5 nitrogen and oxygen atoms in total. The van der Waals surface area contributed by atoms with E-state index in [4.69, 9.17) is 5.73 Å². The lowest BCUT2D eigenvalue weighted by molar-refractivity contribution is 0.102. The van der Waals surface area contributed by atoms with Crippen LogP contribution in [0.2, 0.25) is 0 Å². The second kappa shape index (κ2) is 4.74. The van der Waals surface area contributed by atoms with Crippen molar-refractivity contribution in [3.63, 3.8) is 0 Å². The molecular weight excluding hydrogens is 242 g/mol. The lowest BCUT2D eigenvalue weighted by Crippen LogP contribution is -2.15. The lowest BCUT2D eigenvalue weighted by Gasteiger charge is -2.09. The Bertz CT molecular complexity index is 566. The van der Waals surface area contributed by atoms with Crippen LogP contribution < -0.4 is 11.1 Å². The van der Waals surface area contributed by atoms with Gasteiger partial charge in [0, 0.05) is 6.07 Å². The minimum Gasteiger partial charge on any atom is -0.397 e. The molecule has 18 heavy (non-hydrogen) atoms. The van der Waals surface area contributed by atoms with Gasteiger partial charge in [0.05, 0.1) is 23.6 Å². The molecule has 1 aromatic carbocycles. The SMILES string of the molecule is Nc1cc(F)cc(F)c1NC(=O)c1ccnnc1. The number of hydrogen-bond acceptors (Lipinski definition) is 4. The van der Waals surface area contributed by atoms with E-state index in [-0.39, 0.29) is 16.9 Å². The number of rotatable bonds is 2. The Balaban J connectivity index is 2.28. The van der Waals surface area contributed by atoms with Crippen LogP contribution in [0.1, 0.15) is 10.4 Å². The normalized spacial score (nSPS) is 10.1. The summed E-state index contributed by atoms with van der Waals surface area (Å²) in [6.45, 7) is 0. The van der Waals surface area contributed by atoms with Crippen LogP contribution >= 0.6 is 0 Å². The number of anilines is 2. The minimum absolute atomic E-state index is 0.188. The molecule has 0 bridgehead atoms. The third kappa shape index (κ3) is 2.40. The molecule has 0 fully saturated rings. The number of carbonyl (C=O) groups excluding carboxylic acids is 1. The number of nitrogens with zero attached hydrogens (tertiary/aromatic N) is 2. The van der Waals surface area contributed by atoms with E-state index >= 15 is 0 Å². The lowest BCUT2D eigenvalue weighted by atomic mass is 10.2. The van der Waals surface area contributed by atoms with E-state index in [1.165, 1.54) is 18.5 Å². The van der Waals surface area contributed by atoms with Crippen LogP contribution in [0.4, 0.5) is 20.2 Å². The monoisotopic (exact) mass is 250 g/mol. The highest BCUT2D eigenvalue weighted by Gasteiger charge is 2.13. The highest BCUT2D eigenvalue weighted by molar-refractivity contribution is 6.05. The number of amides is 1. The molecule has 0 saturated heterocycles. The minimum atomic E-state index is -0.942. The van der Waals surface area contributed by atoms with Gasteiger partial charge in [0.25, 0.3) is 5.91 Å². The predicted molar refractivity (Wildman–Crippen MR) is 60.8 cm³/mol. The van der Waals surface area contributed by atoms with Gasteiger partial charge in [-0.3, -0.25) is 4.79 Å². The molecule has 0 aliphatic carbocycles. The standard InChI is InChI=1S/C11H8F2N4O/c12-7-3-8(13)10(9(14)4-7)17-11(18)6-1-2-15-16-5-6/h1-5H,14H2,(H,17,18). The number of halogens is 2. The number of nitrogen functional groups attached to an aromatic ring is 1. The quantitative estimate of drug-likeness (QED) is 0.793. The summed E-state index contributed by atoms with van der Waals surface area (Å²) >= 11 is 0. The fourth-order valence-electron chi connectivity index (χ4n) is 1.34. The average Bonchev–Trinajstić information content (AvgIpc) is 2.34. The number of nitrogens with two attached hydrogens (primary N) is 1. The Morgan fingerprint density at radius 3 is 2.67 bits per heavy atom. The third-order valence-electron chi connectivity index (χ3n) is 2.17. The predicted octanol–water partition coefficient (Wildman–Crippen LogP) is 1.59. The van der Waals surface area contributed by atoms with Crippen molar-refractivity contribution >= 4 is 17.3 Å². The van der Waals surface area contributed by atoms with Gasteiger partial charge in [0.2, 0.25) is 0 Å². The molecule has 0 atom stereocenters. The van der Waals surface area contributed by atoms with Gasteiger partial charge in [-0.1, -0.05) is 0 Å². The molecule has 1 heterocycles. The van der Waals surface area contributed by atoms with Crippen molar-refractivity contribution in [3.05, 3.63) is 47.8 Å². The molecule has 2 aromatic rings. The summed E-state index contributed by atoms with van der Waals surface area (Å²) in [5.74, 6) is -2.36. The Labute approximate surface area is 101 Å². The van der Waals surface area contributed by atoms with Crippen LogP contribution in [0.25, 0.3) is 0 Å². The molecule has 3 N–H and O–H groups in total. The van der Waals surface area contributed by atoms with Gasteiger partial charge >= 0.3 is 0 Å². The molecular formula is C11H8F2N4O. The molecule has 0 unspecified atom stereocenters. The first-order chi connectivity index (χ1) is 8.58. The topological polar surface area (TPSA) is 80.9 Å². The summed E-state index contributed by atoms with van der Waals surface area (Å²) in [7, 11) is 0. The van der Waals surface area contributed by atoms with E-state index in [0.717, 1.165) is 6.07 Å². The molecule has 0 spiro atoms. The van der Waals surface area contributed by atoms with E-state index in [1.54, 1.807) is 0 Å². The number of aromatic nitrogens is 2. The zero-order valence-electron chi connectivity index (χ0n) is 9.02. The Morgan fingerprint density at radius 2 is 2.06 bits per heavy atom. The maximum absolute atomic E-state index is 13.4. The van der Waals surface area contributed by atoms with Crippen molar-refractivity contribution in [1.82, 2.24) is 10.2 Å². The summed E-state index contributed by atoms with van der Waals surface area (Å²) in [5, 5.41) is 9.26.